The number of hydrogen-bond acceptors (Lipinski definition) is 1. The van der Waals surface area contributed by atoms with Crippen LogP contribution in [0.15, 0.2) is 30.3 Å². The van der Waals surface area contributed by atoms with Gasteiger partial charge in [-0.3, -0.25) is 0 Å². The van der Waals surface area contributed by atoms with Gasteiger partial charge in [0.1, 0.15) is 5.82 Å². The Morgan fingerprint density at radius 2 is 1.29 bits per heavy atom. The monoisotopic (exact) mass is 241 g/mol. The Hall–Kier alpha value is -2.04. The lowest BCUT2D eigenvalue weighted by Gasteiger charge is -2.05. The Labute approximate surface area is 94.5 Å². The van der Waals surface area contributed by atoms with E-state index >= 15 is 0 Å². The lowest BCUT2D eigenvalue weighted by atomic mass is 10.0. The fourth-order valence-corrected chi connectivity index (χ4v) is 1.45. The highest BCUT2D eigenvalue weighted by molar-refractivity contribution is 5.67. The highest BCUT2D eigenvalue weighted by Crippen LogP contribution is 2.26. The van der Waals surface area contributed by atoms with Crippen LogP contribution in [0.25, 0.3) is 11.1 Å². The molecule has 0 bridgehead atoms. The van der Waals surface area contributed by atoms with E-state index in [4.69, 9.17) is 5.73 Å². The Bertz CT molecular complexity index is 558. The average Bonchev–Trinajstić information content (AvgIpc) is 2.29. The van der Waals surface area contributed by atoms with Gasteiger partial charge in [-0.2, -0.15) is 0 Å². The van der Waals surface area contributed by atoms with E-state index in [-0.39, 0.29) is 11.3 Å². The van der Waals surface area contributed by atoms with E-state index in [2.05, 4.69) is 0 Å². The van der Waals surface area contributed by atoms with Gasteiger partial charge in [-0.1, -0.05) is 6.07 Å². The molecule has 0 spiro atoms. The summed E-state index contributed by atoms with van der Waals surface area (Å²) in [6, 6.07) is 5.25. The maximum Gasteiger partial charge on any atom is 0.194 e. The predicted octanol–water partition coefficient (Wildman–Crippen LogP) is 3.49. The summed E-state index contributed by atoms with van der Waals surface area (Å²) in [5.41, 5.74) is 5.58. The second-order valence-corrected chi connectivity index (χ2v) is 3.49. The number of nitrogen functional groups attached to an aromatic ring is 1. The van der Waals surface area contributed by atoms with Gasteiger partial charge in [0.05, 0.1) is 5.69 Å². The third-order valence-corrected chi connectivity index (χ3v) is 2.31. The predicted molar refractivity (Wildman–Crippen MR) is 56.1 cm³/mol. The van der Waals surface area contributed by atoms with Crippen LogP contribution in [0, 0.1) is 23.3 Å². The molecule has 2 aromatic carbocycles. The molecule has 0 aliphatic rings. The van der Waals surface area contributed by atoms with Crippen molar-refractivity contribution in [2.24, 2.45) is 0 Å². The van der Waals surface area contributed by atoms with Gasteiger partial charge in [0, 0.05) is 0 Å². The number of benzene rings is 2. The summed E-state index contributed by atoms with van der Waals surface area (Å²) in [6.45, 7) is 0. The van der Waals surface area contributed by atoms with Crippen molar-refractivity contribution in [3.05, 3.63) is 53.6 Å². The van der Waals surface area contributed by atoms with Crippen LogP contribution in [0.5, 0.6) is 0 Å². The number of nitrogens with two attached hydrogens (primary N) is 1. The van der Waals surface area contributed by atoms with Crippen LogP contribution in [0.2, 0.25) is 0 Å². The zero-order chi connectivity index (χ0) is 12.6. The van der Waals surface area contributed by atoms with Gasteiger partial charge in [0.15, 0.2) is 17.5 Å². The molecule has 2 aromatic rings. The van der Waals surface area contributed by atoms with Gasteiger partial charge < -0.3 is 5.73 Å². The van der Waals surface area contributed by atoms with E-state index in [1.54, 1.807) is 0 Å². The van der Waals surface area contributed by atoms with Crippen molar-refractivity contribution in [2.75, 3.05) is 5.73 Å². The summed E-state index contributed by atoms with van der Waals surface area (Å²) in [7, 11) is 0. The second-order valence-electron chi connectivity index (χ2n) is 3.49. The second kappa shape index (κ2) is 4.08. The molecule has 0 radical (unpaired) electrons. The maximum atomic E-state index is 13.0. The van der Waals surface area contributed by atoms with Gasteiger partial charge >= 0.3 is 0 Å². The first-order valence-electron chi connectivity index (χ1n) is 4.69. The smallest absolute Gasteiger partial charge is 0.194 e. The van der Waals surface area contributed by atoms with Crippen molar-refractivity contribution in [1.82, 2.24) is 0 Å². The Balaban J connectivity index is 2.57. The van der Waals surface area contributed by atoms with Crippen molar-refractivity contribution in [3.63, 3.8) is 0 Å². The molecule has 0 amide bonds. The van der Waals surface area contributed by atoms with Crippen molar-refractivity contribution < 1.29 is 17.6 Å². The summed E-state index contributed by atoms with van der Waals surface area (Å²) < 4.78 is 51.6. The first-order chi connectivity index (χ1) is 7.99. The van der Waals surface area contributed by atoms with E-state index in [0.717, 1.165) is 18.2 Å². The van der Waals surface area contributed by atoms with Gasteiger partial charge in [0.25, 0.3) is 0 Å². The Kier molecular flexibility index (Phi) is 2.75. The standard InChI is InChI=1S/C12H7F4N/c13-8-2-1-6(5-11(8)17)7-3-9(14)12(16)10(15)4-7/h1-5H,17H2. The van der Waals surface area contributed by atoms with E-state index < -0.39 is 23.3 Å². The molecule has 5 heteroatoms. The molecule has 0 heterocycles. The molecule has 0 aliphatic heterocycles. The van der Waals surface area contributed by atoms with Gasteiger partial charge in [0.2, 0.25) is 0 Å². The SMILES string of the molecule is Nc1cc(-c2cc(F)c(F)c(F)c2)ccc1F. The summed E-state index contributed by atoms with van der Waals surface area (Å²) in [5.74, 6) is -4.77. The molecular weight excluding hydrogens is 234 g/mol. The molecule has 17 heavy (non-hydrogen) atoms. The minimum Gasteiger partial charge on any atom is -0.396 e. The van der Waals surface area contributed by atoms with E-state index in [0.29, 0.717) is 5.56 Å². The third-order valence-electron chi connectivity index (χ3n) is 2.31. The van der Waals surface area contributed by atoms with Crippen molar-refractivity contribution >= 4 is 5.69 Å². The normalized spacial score (nSPS) is 10.6. The topological polar surface area (TPSA) is 26.0 Å². The quantitative estimate of drug-likeness (QED) is 0.461. The van der Waals surface area contributed by atoms with Gasteiger partial charge in [-0.05, 0) is 35.4 Å². The maximum absolute atomic E-state index is 13.0. The molecule has 2 rings (SSSR count). The minimum atomic E-state index is -1.54. The van der Waals surface area contributed by atoms with Gasteiger partial charge in [-0.15, -0.1) is 0 Å². The largest absolute Gasteiger partial charge is 0.396 e. The van der Waals surface area contributed by atoms with E-state index in [9.17, 15) is 17.6 Å². The molecule has 0 aromatic heterocycles. The van der Waals surface area contributed by atoms with Crippen LogP contribution < -0.4 is 5.73 Å². The van der Waals surface area contributed by atoms with Crippen LogP contribution >= 0.6 is 0 Å². The van der Waals surface area contributed by atoms with Crippen LogP contribution in [0.1, 0.15) is 0 Å². The molecule has 2 N–H and O–H groups in total. The van der Waals surface area contributed by atoms with E-state index in [1.165, 1.54) is 12.1 Å². The third kappa shape index (κ3) is 2.08. The molecule has 88 valence electrons. The van der Waals surface area contributed by atoms with Gasteiger partial charge in [-0.25, -0.2) is 17.6 Å². The zero-order valence-corrected chi connectivity index (χ0v) is 8.48. The van der Waals surface area contributed by atoms with Crippen LogP contribution in [0.4, 0.5) is 23.2 Å². The molecular formula is C12H7F4N. The van der Waals surface area contributed by atoms with Crippen molar-refractivity contribution in [3.8, 4) is 11.1 Å². The lowest BCUT2D eigenvalue weighted by Crippen LogP contribution is -1.94. The molecule has 0 saturated heterocycles. The van der Waals surface area contributed by atoms with Crippen molar-refractivity contribution in [1.29, 1.82) is 0 Å². The highest BCUT2D eigenvalue weighted by Gasteiger charge is 2.12. The first kappa shape index (κ1) is 11.4. The zero-order valence-electron chi connectivity index (χ0n) is 8.48. The summed E-state index contributed by atoms with van der Waals surface area (Å²) in [4.78, 5) is 0. The van der Waals surface area contributed by atoms with Crippen LogP contribution in [-0.2, 0) is 0 Å². The average molecular weight is 241 g/mol. The highest BCUT2D eigenvalue weighted by atomic mass is 19.2. The molecule has 1 nitrogen and oxygen atoms in total. The lowest BCUT2D eigenvalue weighted by molar-refractivity contribution is 0.447. The summed E-state index contributed by atoms with van der Waals surface area (Å²) in [5, 5.41) is 0. The number of rotatable bonds is 1. The summed E-state index contributed by atoms with van der Waals surface area (Å²) >= 11 is 0. The molecule has 0 fully saturated rings. The van der Waals surface area contributed by atoms with Crippen LogP contribution in [0.3, 0.4) is 0 Å². The van der Waals surface area contributed by atoms with Crippen LogP contribution in [-0.4, -0.2) is 0 Å². The first-order valence-corrected chi connectivity index (χ1v) is 4.69. The van der Waals surface area contributed by atoms with Crippen molar-refractivity contribution in [2.45, 2.75) is 0 Å². The molecule has 0 aliphatic carbocycles. The molecule has 0 saturated carbocycles. The Morgan fingerprint density at radius 3 is 1.82 bits per heavy atom. The molecule has 0 unspecified atom stereocenters. The number of halogens is 4. The molecule has 0 atom stereocenters. The number of hydrogen-bond donors (Lipinski definition) is 1. The fraction of sp³-hybridized carbons (Fsp3) is 0. The number of anilines is 1. The minimum absolute atomic E-state index is 0.0908. The van der Waals surface area contributed by atoms with E-state index in [1.807, 2.05) is 0 Å². The summed E-state index contributed by atoms with van der Waals surface area (Å²) in [6.07, 6.45) is 0. The Morgan fingerprint density at radius 1 is 0.706 bits per heavy atom. The fourth-order valence-electron chi connectivity index (χ4n) is 1.45.